The molecule has 2 heteroatoms. The lowest BCUT2D eigenvalue weighted by atomic mass is 9.95. The zero-order chi connectivity index (χ0) is 12.8. The lowest BCUT2D eigenvalue weighted by Crippen LogP contribution is -2.32. The van der Waals surface area contributed by atoms with Gasteiger partial charge in [-0.15, -0.1) is 0 Å². The Hall–Kier alpha value is -0.340. The average Bonchev–Trinajstić information content (AvgIpc) is 2.32. The van der Waals surface area contributed by atoms with Crippen LogP contribution < -0.4 is 5.32 Å². The van der Waals surface area contributed by atoms with Crippen LogP contribution >= 0.6 is 15.9 Å². The molecule has 1 aromatic carbocycles. The Kier molecular flexibility index (Phi) is 6.21. The quantitative estimate of drug-likeness (QED) is 0.804. The molecule has 0 aliphatic rings. The van der Waals surface area contributed by atoms with Crippen molar-refractivity contribution in [2.24, 2.45) is 5.92 Å². The fraction of sp³-hybridized carbons (Fsp3) is 0.600. The molecule has 0 aromatic heterocycles. The van der Waals surface area contributed by atoms with E-state index in [1.165, 1.54) is 28.4 Å². The molecule has 96 valence electrons. The lowest BCUT2D eigenvalue weighted by Gasteiger charge is -2.22. The number of rotatable bonds is 6. The number of hydrogen-bond donors (Lipinski definition) is 1. The zero-order valence-corrected chi connectivity index (χ0v) is 13.0. The maximum Gasteiger partial charge on any atom is 0.0208 e. The first-order valence-corrected chi connectivity index (χ1v) is 7.36. The Morgan fingerprint density at radius 1 is 1.24 bits per heavy atom. The molecule has 0 aliphatic heterocycles. The van der Waals surface area contributed by atoms with E-state index in [9.17, 15) is 0 Å². The molecular weight excluding hydrogens is 274 g/mol. The van der Waals surface area contributed by atoms with Crippen LogP contribution in [-0.4, -0.2) is 6.04 Å². The molecule has 0 saturated heterocycles. The molecule has 0 bridgehead atoms. The van der Waals surface area contributed by atoms with E-state index in [0.29, 0.717) is 6.04 Å². The molecule has 17 heavy (non-hydrogen) atoms. The second-order valence-corrected chi connectivity index (χ2v) is 5.68. The molecule has 0 radical (unpaired) electrons. The molecule has 0 aliphatic carbocycles. The van der Waals surface area contributed by atoms with Crippen molar-refractivity contribution >= 4 is 15.9 Å². The molecular formula is C15H24BrN. The van der Waals surface area contributed by atoms with Crippen LogP contribution in [0.1, 0.15) is 44.7 Å². The minimum Gasteiger partial charge on any atom is -0.310 e. The van der Waals surface area contributed by atoms with Gasteiger partial charge >= 0.3 is 0 Å². The van der Waals surface area contributed by atoms with Gasteiger partial charge in [-0.05, 0) is 37.0 Å². The van der Waals surface area contributed by atoms with Gasteiger partial charge in [-0.2, -0.15) is 0 Å². The van der Waals surface area contributed by atoms with Crippen LogP contribution in [-0.2, 0) is 6.54 Å². The second kappa shape index (κ2) is 7.17. The highest BCUT2D eigenvalue weighted by Gasteiger charge is 2.12. The van der Waals surface area contributed by atoms with Crippen molar-refractivity contribution in [3.8, 4) is 0 Å². The van der Waals surface area contributed by atoms with Crippen LogP contribution in [0.4, 0.5) is 0 Å². The fourth-order valence-electron chi connectivity index (χ4n) is 2.26. The third-order valence-corrected chi connectivity index (χ3v) is 4.50. The second-order valence-electron chi connectivity index (χ2n) is 4.83. The Bertz CT molecular complexity index is 345. The molecule has 0 amide bonds. The van der Waals surface area contributed by atoms with Gasteiger partial charge in [0.25, 0.3) is 0 Å². The summed E-state index contributed by atoms with van der Waals surface area (Å²) in [5.41, 5.74) is 2.67. The minimum absolute atomic E-state index is 0.592. The van der Waals surface area contributed by atoms with E-state index in [2.05, 4.69) is 67.1 Å². The number of aryl methyl sites for hydroxylation is 1. The number of hydrogen-bond acceptors (Lipinski definition) is 1. The summed E-state index contributed by atoms with van der Waals surface area (Å²) in [5.74, 6) is 0.784. The van der Waals surface area contributed by atoms with Gasteiger partial charge < -0.3 is 5.32 Å². The summed E-state index contributed by atoms with van der Waals surface area (Å²) in [6.07, 6.45) is 2.51. The van der Waals surface area contributed by atoms with Crippen LogP contribution in [0.2, 0.25) is 0 Å². The highest BCUT2D eigenvalue weighted by molar-refractivity contribution is 9.10. The van der Waals surface area contributed by atoms with Crippen LogP contribution in [0, 0.1) is 12.8 Å². The lowest BCUT2D eigenvalue weighted by molar-refractivity contribution is 0.353. The van der Waals surface area contributed by atoms with Crippen molar-refractivity contribution in [3.63, 3.8) is 0 Å². The summed E-state index contributed by atoms with van der Waals surface area (Å²) in [4.78, 5) is 0. The van der Waals surface area contributed by atoms with E-state index >= 15 is 0 Å². The normalized spacial score (nSPS) is 13.1. The summed E-state index contributed by atoms with van der Waals surface area (Å²) in [5, 5.41) is 3.63. The van der Waals surface area contributed by atoms with E-state index in [0.717, 1.165) is 12.5 Å². The Morgan fingerprint density at radius 2 is 1.88 bits per heavy atom. The largest absolute Gasteiger partial charge is 0.310 e. The maximum absolute atomic E-state index is 3.63. The van der Waals surface area contributed by atoms with E-state index in [1.54, 1.807) is 0 Å². The topological polar surface area (TPSA) is 12.0 Å². The summed E-state index contributed by atoms with van der Waals surface area (Å²) < 4.78 is 1.19. The number of benzene rings is 1. The van der Waals surface area contributed by atoms with Crippen molar-refractivity contribution in [1.82, 2.24) is 5.32 Å². The molecule has 0 saturated carbocycles. The average molecular weight is 298 g/mol. The standard InChI is InChI=1S/C15H24BrN/c1-5-14(6-2)12(4)17-10-13-7-8-15(16)11(3)9-13/h7-9,12,14,17H,5-6,10H2,1-4H3. The molecule has 0 heterocycles. The van der Waals surface area contributed by atoms with Crippen molar-refractivity contribution in [3.05, 3.63) is 33.8 Å². The summed E-state index contributed by atoms with van der Waals surface area (Å²) in [7, 11) is 0. The van der Waals surface area contributed by atoms with Crippen LogP contribution in [0.25, 0.3) is 0 Å². The summed E-state index contributed by atoms with van der Waals surface area (Å²) >= 11 is 3.53. The Balaban J connectivity index is 2.52. The van der Waals surface area contributed by atoms with Gasteiger partial charge in [0.05, 0.1) is 0 Å². The molecule has 1 nitrogen and oxygen atoms in total. The van der Waals surface area contributed by atoms with Gasteiger partial charge in [0.1, 0.15) is 0 Å². The Labute approximate surface area is 114 Å². The van der Waals surface area contributed by atoms with Gasteiger partial charge in [0, 0.05) is 17.1 Å². The smallest absolute Gasteiger partial charge is 0.0208 e. The van der Waals surface area contributed by atoms with Crippen LogP contribution in [0.5, 0.6) is 0 Å². The van der Waals surface area contributed by atoms with E-state index in [1.807, 2.05) is 0 Å². The molecule has 1 atom stereocenters. The van der Waals surface area contributed by atoms with Gasteiger partial charge in [-0.1, -0.05) is 54.8 Å². The van der Waals surface area contributed by atoms with Gasteiger partial charge in [-0.3, -0.25) is 0 Å². The first kappa shape index (κ1) is 14.7. The first-order valence-electron chi connectivity index (χ1n) is 6.56. The predicted molar refractivity (Wildman–Crippen MR) is 79.3 cm³/mol. The SMILES string of the molecule is CCC(CC)C(C)NCc1ccc(Br)c(C)c1. The molecule has 1 rings (SSSR count). The Morgan fingerprint density at radius 3 is 2.41 bits per heavy atom. The molecule has 1 aromatic rings. The van der Waals surface area contributed by atoms with Crippen LogP contribution in [0.3, 0.4) is 0 Å². The summed E-state index contributed by atoms with van der Waals surface area (Å²) in [6, 6.07) is 7.16. The third-order valence-electron chi connectivity index (χ3n) is 3.61. The number of halogens is 1. The van der Waals surface area contributed by atoms with Crippen molar-refractivity contribution < 1.29 is 0 Å². The zero-order valence-electron chi connectivity index (χ0n) is 11.4. The third kappa shape index (κ3) is 4.44. The molecule has 0 spiro atoms. The van der Waals surface area contributed by atoms with Gasteiger partial charge in [-0.25, -0.2) is 0 Å². The van der Waals surface area contributed by atoms with Crippen LogP contribution in [0.15, 0.2) is 22.7 Å². The van der Waals surface area contributed by atoms with Crippen molar-refractivity contribution in [2.75, 3.05) is 0 Å². The van der Waals surface area contributed by atoms with Gasteiger partial charge in [0.15, 0.2) is 0 Å². The molecule has 1 N–H and O–H groups in total. The van der Waals surface area contributed by atoms with E-state index in [-0.39, 0.29) is 0 Å². The monoisotopic (exact) mass is 297 g/mol. The molecule has 0 fully saturated rings. The predicted octanol–water partition coefficient (Wildman–Crippen LogP) is 4.67. The van der Waals surface area contributed by atoms with E-state index < -0.39 is 0 Å². The highest BCUT2D eigenvalue weighted by Crippen LogP contribution is 2.18. The number of nitrogens with one attached hydrogen (secondary N) is 1. The van der Waals surface area contributed by atoms with Crippen molar-refractivity contribution in [2.45, 2.75) is 53.1 Å². The first-order chi connectivity index (χ1) is 8.08. The highest BCUT2D eigenvalue weighted by atomic mass is 79.9. The fourth-order valence-corrected chi connectivity index (χ4v) is 2.50. The van der Waals surface area contributed by atoms with Gasteiger partial charge in [0.2, 0.25) is 0 Å². The van der Waals surface area contributed by atoms with E-state index in [4.69, 9.17) is 0 Å². The summed E-state index contributed by atoms with van der Waals surface area (Å²) in [6.45, 7) is 9.94. The molecule has 1 unspecified atom stereocenters. The maximum atomic E-state index is 3.63. The van der Waals surface area contributed by atoms with Crippen molar-refractivity contribution in [1.29, 1.82) is 0 Å². The minimum atomic E-state index is 0.592.